The summed E-state index contributed by atoms with van der Waals surface area (Å²) >= 11 is 5.62. The molecule has 0 amide bonds. The molecule has 5 heteroatoms. The second-order valence-electron chi connectivity index (χ2n) is 2.39. The predicted octanol–water partition coefficient (Wildman–Crippen LogP) is 2.27. The van der Waals surface area contributed by atoms with E-state index < -0.39 is 0 Å². The number of hydrogen-bond donors (Lipinski definition) is 0. The first-order valence-corrected chi connectivity index (χ1v) is 4.50. The molecule has 0 aliphatic heterocycles. The van der Waals surface area contributed by atoms with E-state index in [-0.39, 0.29) is 6.79 Å². The quantitative estimate of drug-likeness (QED) is 0.241. The number of ether oxygens (including phenoxy) is 1. The lowest BCUT2D eigenvalue weighted by Crippen LogP contribution is -2.03. The van der Waals surface area contributed by atoms with Crippen LogP contribution in [0, 0.1) is 0 Å². The molecule has 0 aliphatic carbocycles. The first-order chi connectivity index (χ1) is 6.86. The molecule has 0 aliphatic rings. The molecule has 0 unspecified atom stereocenters. The van der Waals surface area contributed by atoms with Crippen LogP contribution in [0.25, 0.3) is 0 Å². The van der Waals surface area contributed by atoms with Gasteiger partial charge in [0.2, 0.25) is 6.79 Å². The van der Waals surface area contributed by atoms with Gasteiger partial charge in [-0.2, -0.15) is 4.89 Å². The summed E-state index contributed by atoms with van der Waals surface area (Å²) in [5, 5.41) is 4.15. The summed E-state index contributed by atoms with van der Waals surface area (Å²) in [6.45, 7) is -0.0337. The van der Waals surface area contributed by atoms with E-state index in [9.17, 15) is 0 Å². The summed E-state index contributed by atoms with van der Waals surface area (Å²) in [6.07, 6.45) is 0. The molecule has 4 nitrogen and oxygen atoms in total. The zero-order valence-electron chi connectivity index (χ0n) is 7.73. The van der Waals surface area contributed by atoms with E-state index in [4.69, 9.17) is 16.3 Å². The second kappa shape index (κ2) is 6.62. The van der Waals surface area contributed by atoms with Crippen LogP contribution in [0.3, 0.4) is 0 Å². The summed E-state index contributed by atoms with van der Waals surface area (Å²) in [6, 6.07) is 7.35. The van der Waals surface area contributed by atoms with Gasteiger partial charge in [0.25, 0.3) is 0 Å². The van der Waals surface area contributed by atoms with Gasteiger partial charge in [-0.25, -0.2) is 4.89 Å². The van der Waals surface area contributed by atoms with E-state index >= 15 is 0 Å². The van der Waals surface area contributed by atoms with Gasteiger partial charge in [0, 0.05) is 5.88 Å². The van der Waals surface area contributed by atoms with Crippen molar-refractivity contribution in [3.63, 3.8) is 0 Å². The van der Waals surface area contributed by atoms with E-state index in [1.165, 1.54) is 7.11 Å². The maximum Gasteiger partial charge on any atom is 0.224 e. The molecule has 78 valence electrons. The number of rotatable bonds is 6. The van der Waals surface area contributed by atoms with Gasteiger partial charge in [-0.1, -0.05) is 17.2 Å². The van der Waals surface area contributed by atoms with Crippen molar-refractivity contribution in [3.05, 3.63) is 29.8 Å². The maximum atomic E-state index is 5.62. The molecule has 0 saturated carbocycles. The van der Waals surface area contributed by atoms with Crippen LogP contribution in [-0.2, 0) is 20.7 Å². The van der Waals surface area contributed by atoms with Gasteiger partial charge in [-0.05, 0) is 17.7 Å². The van der Waals surface area contributed by atoms with Crippen molar-refractivity contribution >= 4 is 11.6 Å². The third-order valence-corrected chi connectivity index (χ3v) is 1.78. The van der Waals surface area contributed by atoms with Crippen LogP contribution in [0.1, 0.15) is 5.56 Å². The average molecular weight is 219 g/mol. The molecule has 14 heavy (non-hydrogen) atoms. The molecule has 0 N–H and O–H groups in total. The molecule has 0 radical (unpaired) electrons. The first kappa shape index (κ1) is 11.3. The Kier molecular flexibility index (Phi) is 5.32. The van der Waals surface area contributed by atoms with Crippen LogP contribution < -0.4 is 4.74 Å². The van der Waals surface area contributed by atoms with Crippen molar-refractivity contribution in [2.24, 2.45) is 0 Å². The standard InChI is InChI=1S/C9H11ClO4/c1-11-14-13-7-12-9-4-2-8(6-10)3-5-9/h2-5H,6-7H2,1H3. The highest BCUT2D eigenvalue weighted by molar-refractivity contribution is 6.17. The van der Waals surface area contributed by atoms with E-state index in [0.29, 0.717) is 11.6 Å². The topological polar surface area (TPSA) is 36.9 Å². The first-order valence-electron chi connectivity index (χ1n) is 3.97. The van der Waals surface area contributed by atoms with Crippen LogP contribution in [0.4, 0.5) is 0 Å². The van der Waals surface area contributed by atoms with Crippen LogP contribution in [0.15, 0.2) is 24.3 Å². The number of halogens is 1. The SMILES string of the molecule is COOOCOc1ccc(CCl)cc1. The Hall–Kier alpha value is -0.810. The molecule has 0 fully saturated rings. The summed E-state index contributed by atoms with van der Waals surface area (Å²) in [5.74, 6) is 1.17. The molecular formula is C9H11ClO4. The van der Waals surface area contributed by atoms with Crippen LogP contribution >= 0.6 is 11.6 Å². The number of benzene rings is 1. The molecule has 0 heterocycles. The molecule has 0 aromatic heterocycles. The van der Waals surface area contributed by atoms with Gasteiger partial charge in [0.1, 0.15) is 5.75 Å². The van der Waals surface area contributed by atoms with Gasteiger partial charge < -0.3 is 4.74 Å². The minimum Gasteiger partial charge on any atom is -0.465 e. The molecule has 1 rings (SSSR count). The molecule has 0 spiro atoms. The fraction of sp³-hybridized carbons (Fsp3) is 0.333. The monoisotopic (exact) mass is 218 g/mol. The highest BCUT2D eigenvalue weighted by Crippen LogP contribution is 2.13. The van der Waals surface area contributed by atoms with E-state index in [0.717, 1.165) is 5.56 Å². The number of alkyl halides is 1. The van der Waals surface area contributed by atoms with E-state index in [2.05, 4.69) is 14.8 Å². The van der Waals surface area contributed by atoms with Crippen LogP contribution in [0.2, 0.25) is 0 Å². The van der Waals surface area contributed by atoms with Crippen molar-refractivity contribution in [2.45, 2.75) is 5.88 Å². The van der Waals surface area contributed by atoms with Gasteiger partial charge in [0.05, 0.1) is 7.11 Å². The third-order valence-electron chi connectivity index (χ3n) is 1.47. The third kappa shape index (κ3) is 3.93. The largest absolute Gasteiger partial charge is 0.465 e. The van der Waals surface area contributed by atoms with Gasteiger partial charge >= 0.3 is 0 Å². The van der Waals surface area contributed by atoms with Crippen molar-refractivity contribution in [3.8, 4) is 5.75 Å². The lowest BCUT2D eigenvalue weighted by Gasteiger charge is -2.04. The Morgan fingerprint density at radius 2 is 1.93 bits per heavy atom. The zero-order chi connectivity index (χ0) is 10.2. The summed E-state index contributed by atoms with van der Waals surface area (Å²) < 4.78 is 5.14. The molecule has 1 aromatic carbocycles. The summed E-state index contributed by atoms with van der Waals surface area (Å²) in [5.41, 5.74) is 1.04. The van der Waals surface area contributed by atoms with Gasteiger partial charge in [-0.3, -0.25) is 0 Å². The Morgan fingerprint density at radius 1 is 1.21 bits per heavy atom. The van der Waals surface area contributed by atoms with Crippen LogP contribution in [0.5, 0.6) is 5.75 Å². The highest BCUT2D eigenvalue weighted by Gasteiger charge is 1.94. The molecular weight excluding hydrogens is 208 g/mol. The summed E-state index contributed by atoms with van der Waals surface area (Å²) in [4.78, 5) is 8.67. The van der Waals surface area contributed by atoms with Crippen molar-refractivity contribution < 1.29 is 19.6 Å². The molecule has 1 aromatic rings. The minimum atomic E-state index is -0.0337. The van der Waals surface area contributed by atoms with Gasteiger partial charge in [-0.15, -0.1) is 11.6 Å². The average Bonchev–Trinajstić information content (AvgIpc) is 2.25. The molecule has 0 saturated heterocycles. The Morgan fingerprint density at radius 3 is 2.50 bits per heavy atom. The Balaban J connectivity index is 2.29. The minimum absolute atomic E-state index is 0.0337. The van der Waals surface area contributed by atoms with Crippen molar-refractivity contribution in [2.75, 3.05) is 13.9 Å². The fourth-order valence-electron chi connectivity index (χ4n) is 0.835. The van der Waals surface area contributed by atoms with Crippen molar-refractivity contribution in [1.82, 2.24) is 0 Å². The summed E-state index contributed by atoms with van der Waals surface area (Å²) in [7, 11) is 1.34. The zero-order valence-corrected chi connectivity index (χ0v) is 8.49. The second-order valence-corrected chi connectivity index (χ2v) is 2.66. The Bertz CT molecular complexity index is 249. The lowest BCUT2D eigenvalue weighted by atomic mass is 10.2. The normalized spacial score (nSPS) is 10.1. The van der Waals surface area contributed by atoms with E-state index in [1.54, 1.807) is 12.1 Å². The fourth-order valence-corrected chi connectivity index (χ4v) is 1.01. The predicted molar refractivity (Wildman–Crippen MR) is 50.7 cm³/mol. The Labute approximate surface area is 87.1 Å². The highest BCUT2D eigenvalue weighted by atomic mass is 35.5. The lowest BCUT2D eigenvalue weighted by molar-refractivity contribution is -0.513. The van der Waals surface area contributed by atoms with Crippen LogP contribution in [-0.4, -0.2) is 13.9 Å². The molecule has 0 atom stereocenters. The smallest absolute Gasteiger partial charge is 0.224 e. The maximum absolute atomic E-state index is 5.62. The van der Waals surface area contributed by atoms with Gasteiger partial charge in [0.15, 0.2) is 0 Å². The van der Waals surface area contributed by atoms with Crippen molar-refractivity contribution in [1.29, 1.82) is 0 Å². The number of hydrogen-bond acceptors (Lipinski definition) is 4. The van der Waals surface area contributed by atoms with E-state index in [1.807, 2.05) is 12.1 Å². The molecule has 0 bridgehead atoms.